The van der Waals surface area contributed by atoms with Crippen molar-refractivity contribution in [1.29, 1.82) is 0 Å². The molecule has 0 aromatic heterocycles. The van der Waals surface area contributed by atoms with Crippen molar-refractivity contribution in [1.82, 2.24) is 4.90 Å². The second-order valence-electron chi connectivity index (χ2n) is 5.96. The van der Waals surface area contributed by atoms with Crippen LogP contribution in [0.1, 0.15) is 37.7 Å². The highest BCUT2D eigenvalue weighted by molar-refractivity contribution is 6.31. The highest BCUT2D eigenvalue weighted by Crippen LogP contribution is 2.51. The highest BCUT2D eigenvalue weighted by Gasteiger charge is 2.50. The van der Waals surface area contributed by atoms with Crippen LogP contribution in [-0.4, -0.2) is 34.0 Å². The van der Waals surface area contributed by atoms with E-state index in [1.807, 2.05) is 24.3 Å². The SMILES string of the molecule is CC(C(=O)O)N(C(=O)C1CC1c1ccccc1Cl)C1CC1. The van der Waals surface area contributed by atoms with Crippen molar-refractivity contribution in [3.8, 4) is 0 Å². The molecule has 3 atom stereocenters. The molecule has 0 saturated heterocycles. The number of aliphatic carboxylic acids is 1. The monoisotopic (exact) mass is 307 g/mol. The Balaban J connectivity index is 1.74. The second-order valence-corrected chi connectivity index (χ2v) is 6.37. The normalized spacial score (nSPS) is 25.2. The Bertz CT molecular complexity index is 585. The highest BCUT2D eigenvalue weighted by atomic mass is 35.5. The molecule has 21 heavy (non-hydrogen) atoms. The van der Waals surface area contributed by atoms with Gasteiger partial charge >= 0.3 is 5.97 Å². The molecule has 2 aliphatic rings. The molecule has 1 aromatic rings. The van der Waals surface area contributed by atoms with Gasteiger partial charge in [-0.2, -0.15) is 0 Å². The summed E-state index contributed by atoms with van der Waals surface area (Å²) in [4.78, 5) is 25.4. The maximum absolute atomic E-state index is 12.6. The second kappa shape index (κ2) is 5.34. The summed E-state index contributed by atoms with van der Waals surface area (Å²) in [5, 5.41) is 9.87. The predicted molar refractivity (Wildman–Crippen MR) is 79.3 cm³/mol. The lowest BCUT2D eigenvalue weighted by atomic mass is 10.1. The van der Waals surface area contributed by atoms with Gasteiger partial charge in [-0.05, 0) is 43.7 Å². The van der Waals surface area contributed by atoms with E-state index in [2.05, 4.69) is 0 Å². The topological polar surface area (TPSA) is 57.6 Å². The number of hydrogen-bond donors (Lipinski definition) is 1. The van der Waals surface area contributed by atoms with Crippen molar-refractivity contribution in [2.45, 2.75) is 44.2 Å². The molecule has 1 amide bonds. The first-order chi connectivity index (χ1) is 10.0. The molecule has 3 unspecified atom stereocenters. The summed E-state index contributed by atoms with van der Waals surface area (Å²) in [5.74, 6) is -0.955. The van der Waals surface area contributed by atoms with E-state index in [4.69, 9.17) is 11.6 Å². The Morgan fingerprint density at radius 1 is 1.33 bits per heavy atom. The number of carboxylic acid groups (broad SMARTS) is 1. The standard InChI is InChI=1S/C16H18ClNO3/c1-9(16(20)21)18(10-6-7-10)15(19)13-8-12(13)11-4-2-3-5-14(11)17/h2-5,9-10,12-13H,6-8H2,1H3,(H,20,21). The summed E-state index contributed by atoms with van der Waals surface area (Å²) in [6.07, 6.45) is 2.58. The predicted octanol–water partition coefficient (Wildman–Crippen LogP) is 2.91. The lowest BCUT2D eigenvalue weighted by Crippen LogP contribution is -2.45. The van der Waals surface area contributed by atoms with E-state index in [1.165, 1.54) is 0 Å². The first kappa shape index (κ1) is 14.4. The summed E-state index contributed by atoms with van der Waals surface area (Å²) < 4.78 is 0. The molecule has 3 rings (SSSR count). The molecule has 112 valence electrons. The number of carboxylic acids is 1. The average molecular weight is 308 g/mol. The van der Waals surface area contributed by atoms with E-state index in [1.54, 1.807) is 11.8 Å². The fraction of sp³-hybridized carbons (Fsp3) is 0.500. The number of halogens is 1. The molecule has 1 aromatic carbocycles. The number of amides is 1. The molecular formula is C16H18ClNO3. The number of rotatable bonds is 5. The molecule has 2 fully saturated rings. The maximum atomic E-state index is 12.6. The molecule has 0 spiro atoms. The summed E-state index contributed by atoms with van der Waals surface area (Å²) in [7, 11) is 0. The Labute approximate surface area is 128 Å². The molecule has 0 aliphatic heterocycles. The molecule has 2 aliphatic carbocycles. The minimum atomic E-state index is -0.940. The van der Waals surface area contributed by atoms with Gasteiger partial charge in [-0.1, -0.05) is 29.8 Å². The molecule has 0 radical (unpaired) electrons. The number of nitrogens with zero attached hydrogens (tertiary/aromatic N) is 1. The van der Waals surface area contributed by atoms with E-state index >= 15 is 0 Å². The Morgan fingerprint density at radius 2 is 2.00 bits per heavy atom. The zero-order chi connectivity index (χ0) is 15.1. The number of benzene rings is 1. The minimum absolute atomic E-state index is 0.0303. The van der Waals surface area contributed by atoms with Gasteiger partial charge in [0.1, 0.15) is 6.04 Å². The first-order valence-corrected chi connectivity index (χ1v) is 7.68. The number of carbonyl (C=O) groups excluding carboxylic acids is 1. The van der Waals surface area contributed by atoms with Crippen molar-refractivity contribution in [2.24, 2.45) is 5.92 Å². The molecule has 1 N–H and O–H groups in total. The minimum Gasteiger partial charge on any atom is -0.480 e. The van der Waals surface area contributed by atoms with Crippen molar-refractivity contribution in [3.63, 3.8) is 0 Å². The fourth-order valence-electron chi connectivity index (χ4n) is 2.94. The molecule has 2 saturated carbocycles. The van der Waals surface area contributed by atoms with E-state index in [0.717, 1.165) is 24.8 Å². The van der Waals surface area contributed by atoms with Crippen LogP contribution in [0.4, 0.5) is 0 Å². The first-order valence-electron chi connectivity index (χ1n) is 7.30. The third-order valence-corrected chi connectivity index (χ3v) is 4.73. The van der Waals surface area contributed by atoms with Crippen LogP contribution < -0.4 is 0 Å². The van der Waals surface area contributed by atoms with Gasteiger partial charge in [-0.3, -0.25) is 4.79 Å². The molecular weight excluding hydrogens is 290 g/mol. The fourth-order valence-corrected chi connectivity index (χ4v) is 3.21. The smallest absolute Gasteiger partial charge is 0.326 e. The number of carbonyl (C=O) groups is 2. The zero-order valence-electron chi connectivity index (χ0n) is 11.8. The van der Waals surface area contributed by atoms with Gasteiger partial charge in [-0.15, -0.1) is 0 Å². The van der Waals surface area contributed by atoms with Crippen LogP contribution in [0.3, 0.4) is 0 Å². The van der Waals surface area contributed by atoms with Crippen LogP contribution in [0.25, 0.3) is 0 Å². The average Bonchev–Trinajstić information content (AvgIpc) is 3.33. The molecule has 5 heteroatoms. The third kappa shape index (κ3) is 2.77. The van der Waals surface area contributed by atoms with Gasteiger partial charge < -0.3 is 10.0 Å². The van der Waals surface area contributed by atoms with Crippen LogP contribution in [-0.2, 0) is 9.59 Å². The molecule has 0 bridgehead atoms. The van der Waals surface area contributed by atoms with Gasteiger partial charge in [0.2, 0.25) is 5.91 Å². The lowest BCUT2D eigenvalue weighted by Gasteiger charge is -2.26. The summed E-state index contributed by atoms with van der Waals surface area (Å²) >= 11 is 6.18. The summed E-state index contributed by atoms with van der Waals surface area (Å²) in [6.45, 7) is 1.59. The van der Waals surface area contributed by atoms with Crippen LogP contribution in [0.5, 0.6) is 0 Å². The Morgan fingerprint density at radius 3 is 2.57 bits per heavy atom. The molecule has 0 heterocycles. The Hall–Kier alpha value is -1.55. The van der Waals surface area contributed by atoms with Crippen molar-refractivity contribution < 1.29 is 14.7 Å². The van der Waals surface area contributed by atoms with Crippen LogP contribution >= 0.6 is 11.6 Å². The zero-order valence-corrected chi connectivity index (χ0v) is 12.6. The largest absolute Gasteiger partial charge is 0.480 e. The van der Waals surface area contributed by atoms with Gasteiger partial charge in [-0.25, -0.2) is 4.79 Å². The van der Waals surface area contributed by atoms with Gasteiger partial charge in [0.15, 0.2) is 0 Å². The van der Waals surface area contributed by atoms with Crippen molar-refractivity contribution in [3.05, 3.63) is 34.9 Å². The van der Waals surface area contributed by atoms with Gasteiger partial charge in [0.25, 0.3) is 0 Å². The third-order valence-electron chi connectivity index (χ3n) is 4.38. The summed E-state index contributed by atoms with van der Waals surface area (Å²) in [5.41, 5.74) is 0.997. The van der Waals surface area contributed by atoms with E-state index in [9.17, 15) is 14.7 Å². The van der Waals surface area contributed by atoms with Gasteiger partial charge in [0.05, 0.1) is 0 Å². The lowest BCUT2D eigenvalue weighted by molar-refractivity contribution is -0.150. The van der Waals surface area contributed by atoms with E-state index in [-0.39, 0.29) is 23.8 Å². The van der Waals surface area contributed by atoms with E-state index in [0.29, 0.717) is 5.02 Å². The quantitative estimate of drug-likeness (QED) is 0.910. The maximum Gasteiger partial charge on any atom is 0.326 e. The van der Waals surface area contributed by atoms with E-state index < -0.39 is 12.0 Å². The van der Waals surface area contributed by atoms with Crippen LogP contribution in [0, 0.1) is 5.92 Å². The van der Waals surface area contributed by atoms with Crippen molar-refractivity contribution >= 4 is 23.5 Å². The molecule has 4 nitrogen and oxygen atoms in total. The van der Waals surface area contributed by atoms with Gasteiger partial charge in [0, 0.05) is 17.0 Å². The van der Waals surface area contributed by atoms with Crippen LogP contribution in [0.15, 0.2) is 24.3 Å². The summed E-state index contributed by atoms with van der Waals surface area (Å²) in [6, 6.07) is 6.92. The number of hydrogen-bond acceptors (Lipinski definition) is 2. The Kier molecular flexibility index (Phi) is 3.66. The van der Waals surface area contributed by atoms with Crippen molar-refractivity contribution in [2.75, 3.05) is 0 Å². The van der Waals surface area contributed by atoms with Crippen LogP contribution in [0.2, 0.25) is 5.02 Å².